The Labute approximate surface area is 196 Å². The number of nitrogens with two attached hydrogens (primary N) is 1. The molecule has 0 aromatic heterocycles. The van der Waals surface area contributed by atoms with Gasteiger partial charge in [0.05, 0.1) is 11.7 Å². The molecule has 2 heterocycles. The van der Waals surface area contributed by atoms with E-state index in [0.717, 1.165) is 16.7 Å². The van der Waals surface area contributed by atoms with Crippen molar-refractivity contribution in [2.24, 2.45) is 5.73 Å². The van der Waals surface area contributed by atoms with E-state index in [-0.39, 0.29) is 28.4 Å². The van der Waals surface area contributed by atoms with Gasteiger partial charge in [0.25, 0.3) is 11.3 Å². The van der Waals surface area contributed by atoms with E-state index in [1.165, 1.54) is 24.3 Å². The van der Waals surface area contributed by atoms with Crippen LogP contribution in [0.25, 0.3) is 5.57 Å². The van der Waals surface area contributed by atoms with Crippen molar-refractivity contribution in [3.8, 4) is 11.5 Å². The second-order valence-corrected chi connectivity index (χ2v) is 9.23. The van der Waals surface area contributed by atoms with Gasteiger partial charge in [0.2, 0.25) is 11.3 Å². The van der Waals surface area contributed by atoms with Gasteiger partial charge in [0.15, 0.2) is 5.75 Å². The number of carboxylic acids is 1. The number of aromatic hydroxyl groups is 1. The number of carbonyl (C=O) groups is 3. The number of carbonyl (C=O) groups excluding carboxylic acids is 2. The third kappa shape index (κ3) is 3.74. The molecule has 178 valence electrons. The summed E-state index contributed by atoms with van der Waals surface area (Å²) in [6, 6.07) is 3.57. The molecule has 1 fully saturated rings. The predicted molar refractivity (Wildman–Crippen MR) is 122 cm³/mol. The zero-order valence-electron chi connectivity index (χ0n) is 18.1. The molecule has 0 saturated carbocycles. The van der Waals surface area contributed by atoms with Crippen LogP contribution in [-0.2, 0) is 14.4 Å². The van der Waals surface area contributed by atoms with Crippen LogP contribution < -0.4 is 26.6 Å². The number of carboxylic acid groups (broad SMARTS) is 1. The molecular formula is C22H21N3O8S. The van der Waals surface area contributed by atoms with Crippen LogP contribution in [0.3, 0.4) is 0 Å². The molecule has 2 amide bonds. The highest BCUT2D eigenvalue weighted by molar-refractivity contribution is 8.00. The van der Waals surface area contributed by atoms with Gasteiger partial charge in [-0.05, 0) is 31.5 Å². The van der Waals surface area contributed by atoms with Crippen LogP contribution in [-0.4, -0.2) is 56.2 Å². The second kappa shape index (κ2) is 8.61. The van der Waals surface area contributed by atoms with E-state index in [4.69, 9.17) is 10.5 Å². The van der Waals surface area contributed by atoms with Crippen molar-refractivity contribution < 1.29 is 29.3 Å². The molecule has 11 nitrogen and oxygen atoms in total. The number of phenols is 1. The van der Waals surface area contributed by atoms with Gasteiger partial charge in [0.1, 0.15) is 28.9 Å². The monoisotopic (exact) mass is 487 g/mol. The normalized spacial score (nSPS) is 20.7. The highest BCUT2D eigenvalue weighted by Crippen LogP contribution is 2.44. The Morgan fingerprint density at radius 3 is 2.41 bits per heavy atom. The van der Waals surface area contributed by atoms with Crippen LogP contribution in [0.15, 0.2) is 39.6 Å². The lowest BCUT2D eigenvalue weighted by Crippen LogP contribution is -2.71. The van der Waals surface area contributed by atoms with E-state index < -0.39 is 57.9 Å². The van der Waals surface area contributed by atoms with E-state index in [1.807, 2.05) is 0 Å². The Morgan fingerprint density at radius 2 is 1.82 bits per heavy atom. The van der Waals surface area contributed by atoms with Crippen molar-refractivity contribution in [3.05, 3.63) is 61.5 Å². The number of nitrogens with one attached hydrogen (secondary N) is 1. The summed E-state index contributed by atoms with van der Waals surface area (Å²) < 4.78 is 5.40. The predicted octanol–water partition coefficient (Wildman–Crippen LogP) is -0.329. The summed E-state index contributed by atoms with van der Waals surface area (Å²) in [6.07, 6.45) is -0.414. The molecule has 5 N–H and O–H groups in total. The molecule has 2 unspecified atom stereocenters. The highest BCUT2D eigenvalue weighted by atomic mass is 32.2. The average Bonchev–Trinajstić information content (AvgIpc) is 2.80. The maximum atomic E-state index is 12.9. The molecule has 0 spiro atoms. The average molecular weight is 487 g/mol. The SMILES string of the molecule is CC(C)Oc1c(C2=C(C(=O)O)N3C(=O)C(NC(=O)C(N)c4ccc(O)cc4)[C@@H]3SC2)c(=O)c1=O. The van der Waals surface area contributed by atoms with Crippen molar-refractivity contribution in [1.82, 2.24) is 10.2 Å². The van der Waals surface area contributed by atoms with E-state index in [0.29, 0.717) is 5.56 Å². The Hall–Kier alpha value is -3.64. The van der Waals surface area contributed by atoms with Gasteiger partial charge in [-0.3, -0.25) is 24.1 Å². The highest BCUT2D eigenvalue weighted by Gasteiger charge is 2.55. The number of hydrogen-bond acceptors (Lipinski definition) is 9. The number of aliphatic carboxylic acids is 1. The van der Waals surface area contributed by atoms with E-state index in [2.05, 4.69) is 5.32 Å². The van der Waals surface area contributed by atoms with E-state index in [9.17, 15) is 34.2 Å². The molecule has 0 aliphatic carbocycles. The number of phenolic OH excluding ortho intramolecular Hbond substituents is 1. The van der Waals surface area contributed by atoms with E-state index >= 15 is 0 Å². The Bertz CT molecular complexity index is 1290. The smallest absolute Gasteiger partial charge is 0.352 e. The van der Waals surface area contributed by atoms with Crippen LogP contribution in [0, 0.1) is 0 Å². The first-order valence-corrected chi connectivity index (χ1v) is 11.3. The van der Waals surface area contributed by atoms with Gasteiger partial charge in [-0.25, -0.2) is 4.79 Å². The van der Waals surface area contributed by atoms with E-state index in [1.54, 1.807) is 13.8 Å². The number of hydrogen-bond donors (Lipinski definition) is 4. The minimum Gasteiger partial charge on any atom is -0.508 e. The fraction of sp³-hybridized carbons (Fsp3) is 0.318. The van der Waals surface area contributed by atoms with Crippen LogP contribution in [0.1, 0.15) is 31.0 Å². The minimum atomic E-state index is -1.44. The molecule has 2 aromatic carbocycles. The molecule has 2 aliphatic rings. The molecular weight excluding hydrogens is 466 g/mol. The van der Waals surface area contributed by atoms with Crippen molar-refractivity contribution in [2.45, 2.75) is 37.4 Å². The summed E-state index contributed by atoms with van der Waals surface area (Å²) in [4.78, 5) is 62.7. The Morgan fingerprint density at radius 1 is 1.18 bits per heavy atom. The van der Waals surface area contributed by atoms with Crippen LogP contribution in [0.4, 0.5) is 0 Å². The number of β-lactam (4-membered cyclic amide) rings is 1. The number of ether oxygens (including phenoxy) is 1. The van der Waals surface area contributed by atoms with Crippen molar-refractivity contribution in [1.29, 1.82) is 0 Å². The molecule has 4 rings (SSSR count). The zero-order valence-corrected chi connectivity index (χ0v) is 18.9. The molecule has 2 aromatic rings. The fourth-order valence-corrected chi connectivity index (χ4v) is 5.23. The van der Waals surface area contributed by atoms with Gasteiger partial charge in [-0.2, -0.15) is 0 Å². The first-order valence-electron chi connectivity index (χ1n) is 10.3. The molecule has 3 atom stereocenters. The van der Waals surface area contributed by atoms with Crippen LogP contribution >= 0.6 is 11.8 Å². The standard InChI is InChI=1S/C22H21N3O8S/c1-8(2)33-18-12(16(27)17(18)28)11-7-34-21-14(20(30)25(21)15(11)22(31)32)24-19(29)13(23)9-3-5-10(26)6-4-9/h3-6,8,13-14,21,26H,7,23H2,1-2H3,(H,24,29)(H,31,32)/t13?,14?,21-/m0/s1. The third-order valence-corrected chi connectivity index (χ3v) is 6.81. The molecule has 12 heteroatoms. The summed E-state index contributed by atoms with van der Waals surface area (Å²) in [5.74, 6) is -2.94. The lowest BCUT2D eigenvalue weighted by atomic mass is 9.95. The number of rotatable bonds is 7. The number of benzene rings is 1. The van der Waals surface area contributed by atoms with Crippen molar-refractivity contribution in [3.63, 3.8) is 0 Å². The lowest BCUT2D eigenvalue weighted by molar-refractivity contribution is -0.150. The molecule has 0 bridgehead atoms. The van der Waals surface area contributed by atoms with Gasteiger partial charge >= 0.3 is 5.97 Å². The summed E-state index contributed by atoms with van der Waals surface area (Å²) in [7, 11) is 0. The first-order chi connectivity index (χ1) is 16.0. The summed E-state index contributed by atoms with van der Waals surface area (Å²) in [5.41, 5.74) is 4.17. The Kier molecular flexibility index (Phi) is 5.96. The maximum absolute atomic E-state index is 12.9. The molecule has 0 radical (unpaired) electrons. The molecule has 2 aliphatic heterocycles. The van der Waals surface area contributed by atoms with Crippen LogP contribution in [0.5, 0.6) is 11.5 Å². The first kappa shape index (κ1) is 23.5. The van der Waals surface area contributed by atoms with Gasteiger partial charge < -0.3 is 26.0 Å². The minimum absolute atomic E-state index is 0.00674. The number of amides is 2. The summed E-state index contributed by atoms with van der Waals surface area (Å²) >= 11 is 1.15. The summed E-state index contributed by atoms with van der Waals surface area (Å²) in [6.45, 7) is 3.32. The zero-order chi connectivity index (χ0) is 24.9. The largest absolute Gasteiger partial charge is 0.508 e. The van der Waals surface area contributed by atoms with Crippen molar-refractivity contribution >= 4 is 35.1 Å². The summed E-state index contributed by atoms with van der Waals surface area (Å²) in [5, 5.41) is 21.0. The third-order valence-electron chi connectivity index (χ3n) is 5.53. The van der Waals surface area contributed by atoms with Gasteiger partial charge in [-0.1, -0.05) is 12.1 Å². The Balaban J connectivity index is 1.58. The maximum Gasteiger partial charge on any atom is 0.352 e. The molecule has 1 saturated heterocycles. The molecule has 34 heavy (non-hydrogen) atoms. The number of thioether (sulfide) groups is 1. The lowest BCUT2D eigenvalue weighted by Gasteiger charge is -2.49. The topological polar surface area (TPSA) is 176 Å². The fourth-order valence-electron chi connectivity index (χ4n) is 3.88. The number of fused-ring (bicyclic) bond motifs is 1. The van der Waals surface area contributed by atoms with Gasteiger partial charge in [-0.15, -0.1) is 11.8 Å². The van der Waals surface area contributed by atoms with Crippen molar-refractivity contribution in [2.75, 3.05) is 5.75 Å². The number of nitrogens with zero attached hydrogens (tertiary/aromatic N) is 1. The quantitative estimate of drug-likeness (QED) is 0.299. The van der Waals surface area contributed by atoms with Gasteiger partial charge in [0, 0.05) is 11.3 Å². The van der Waals surface area contributed by atoms with Crippen LogP contribution in [0.2, 0.25) is 0 Å². The second-order valence-electron chi connectivity index (χ2n) is 8.13.